The van der Waals surface area contributed by atoms with Crippen LogP contribution in [0.1, 0.15) is 26.3 Å². The van der Waals surface area contributed by atoms with Gasteiger partial charge in [0.25, 0.3) is 0 Å². The molecule has 0 saturated heterocycles. The van der Waals surface area contributed by atoms with Crippen molar-refractivity contribution in [3.8, 4) is 0 Å². The Kier molecular flexibility index (Phi) is 4.61. The van der Waals surface area contributed by atoms with Crippen LogP contribution >= 0.6 is 15.9 Å². The van der Waals surface area contributed by atoms with Crippen molar-refractivity contribution >= 4 is 21.6 Å². The van der Waals surface area contributed by atoms with Crippen molar-refractivity contribution in [2.75, 3.05) is 11.4 Å². The van der Waals surface area contributed by atoms with Gasteiger partial charge in [0.1, 0.15) is 0 Å². The minimum atomic E-state index is 0.0813. The Balaban J connectivity index is 3.11. The van der Waals surface area contributed by atoms with E-state index in [1.54, 1.807) is 0 Å². The summed E-state index contributed by atoms with van der Waals surface area (Å²) >= 11 is 3.42. The number of benzene rings is 1. The molecule has 0 aromatic heterocycles. The van der Waals surface area contributed by atoms with E-state index in [4.69, 9.17) is 0 Å². The van der Waals surface area contributed by atoms with E-state index in [0.29, 0.717) is 6.04 Å². The van der Waals surface area contributed by atoms with Gasteiger partial charge in [0.15, 0.2) is 0 Å². The zero-order valence-electron chi connectivity index (χ0n) is 9.50. The molecule has 0 atom stereocenters. The highest BCUT2D eigenvalue weighted by atomic mass is 79.9. The summed E-state index contributed by atoms with van der Waals surface area (Å²) in [7, 11) is 0. The zero-order chi connectivity index (χ0) is 11.4. The standard InChI is InChI=1S/C12H18BrNO/c1-4-14(9(2)3)12-6-5-11(13)7-10(12)8-15/h5-7,9,15H,4,8H2,1-3H3. The third-order valence-corrected chi connectivity index (χ3v) is 2.98. The fourth-order valence-electron chi connectivity index (χ4n) is 1.77. The topological polar surface area (TPSA) is 23.5 Å². The summed E-state index contributed by atoms with van der Waals surface area (Å²) in [5.41, 5.74) is 2.10. The molecule has 0 bridgehead atoms. The molecule has 0 aliphatic carbocycles. The summed E-state index contributed by atoms with van der Waals surface area (Å²) < 4.78 is 1.01. The summed E-state index contributed by atoms with van der Waals surface area (Å²) in [4.78, 5) is 2.28. The molecule has 84 valence electrons. The van der Waals surface area contributed by atoms with E-state index < -0.39 is 0 Å². The molecule has 1 aromatic rings. The summed E-state index contributed by atoms with van der Waals surface area (Å²) in [5.74, 6) is 0. The SMILES string of the molecule is CCN(c1ccc(Br)cc1CO)C(C)C. The van der Waals surface area contributed by atoms with Gasteiger partial charge in [-0.3, -0.25) is 0 Å². The van der Waals surface area contributed by atoms with Gasteiger partial charge in [-0.05, 0) is 39.0 Å². The van der Waals surface area contributed by atoms with E-state index in [1.807, 2.05) is 12.1 Å². The Morgan fingerprint density at radius 3 is 2.53 bits per heavy atom. The lowest BCUT2D eigenvalue weighted by Crippen LogP contribution is -2.31. The van der Waals surface area contributed by atoms with Gasteiger partial charge in [-0.25, -0.2) is 0 Å². The molecule has 0 fully saturated rings. The molecule has 0 unspecified atom stereocenters. The van der Waals surface area contributed by atoms with Crippen molar-refractivity contribution in [3.63, 3.8) is 0 Å². The molecule has 1 rings (SSSR count). The van der Waals surface area contributed by atoms with Crippen molar-refractivity contribution < 1.29 is 5.11 Å². The van der Waals surface area contributed by atoms with Crippen LogP contribution in [0.15, 0.2) is 22.7 Å². The number of hydrogen-bond acceptors (Lipinski definition) is 2. The Morgan fingerprint density at radius 1 is 1.40 bits per heavy atom. The molecule has 0 saturated carbocycles. The second-order valence-corrected chi connectivity index (χ2v) is 4.73. The molecule has 3 heteroatoms. The minimum absolute atomic E-state index is 0.0813. The van der Waals surface area contributed by atoms with Crippen molar-refractivity contribution in [1.29, 1.82) is 0 Å². The molecule has 0 spiro atoms. The molecular formula is C12H18BrNO. The smallest absolute Gasteiger partial charge is 0.0702 e. The summed E-state index contributed by atoms with van der Waals surface area (Å²) in [5, 5.41) is 9.32. The molecule has 1 aromatic carbocycles. The van der Waals surface area contributed by atoms with Crippen LogP contribution in [0.4, 0.5) is 5.69 Å². The molecule has 0 amide bonds. The largest absolute Gasteiger partial charge is 0.392 e. The Labute approximate surface area is 100 Å². The Hall–Kier alpha value is -0.540. The van der Waals surface area contributed by atoms with E-state index in [2.05, 4.69) is 47.7 Å². The second-order valence-electron chi connectivity index (χ2n) is 3.81. The number of nitrogens with zero attached hydrogens (tertiary/aromatic N) is 1. The van der Waals surface area contributed by atoms with Crippen molar-refractivity contribution in [2.45, 2.75) is 33.4 Å². The molecule has 0 aliphatic heterocycles. The highest BCUT2D eigenvalue weighted by Crippen LogP contribution is 2.26. The third kappa shape index (κ3) is 2.95. The fourth-order valence-corrected chi connectivity index (χ4v) is 2.18. The zero-order valence-corrected chi connectivity index (χ0v) is 11.1. The van der Waals surface area contributed by atoms with Gasteiger partial charge in [-0.2, -0.15) is 0 Å². The van der Waals surface area contributed by atoms with Gasteiger partial charge in [0.05, 0.1) is 6.61 Å². The van der Waals surface area contributed by atoms with E-state index >= 15 is 0 Å². The minimum Gasteiger partial charge on any atom is -0.392 e. The van der Waals surface area contributed by atoms with E-state index in [1.165, 1.54) is 0 Å². The van der Waals surface area contributed by atoms with Crippen molar-refractivity contribution in [3.05, 3.63) is 28.2 Å². The van der Waals surface area contributed by atoms with Crippen molar-refractivity contribution in [1.82, 2.24) is 0 Å². The second kappa shape index (κ2) is 5.52. The molecule has 2 nitrogen and oxygen atoms in total. The molecule has 1 N–H and O–H groups in total. The predicted molar refractivity (Wildman–Crippen MR) is 68.2 cm³/mol. The Bertz CT molecular complexity index is 325. The van der Waals surface area contributed by atoms with E-state index in [9.17, 15) is 5.11 Å². The van der Waals surface area contributed by atoms with Crippen LogP contribution < -0.4 is 4.90 Å². The normalized spacial score (nSPS) is 10.8. The van der Waals surface area contributed by atoms with Gasteiger partial charge in [-0.15, -0.1) is 0 Å². The maximum absolute atomic E-state index is 9.32. The number of anilines is 1. The number of aliphatic hydroxyl groups is 1. The number of aliphatic hydroxyl groups excluding tert-OH is 1. The summed E-state index contributed by atoms with van der Waals surface area (Å²) in [6.07, 6.45) is 0. The predicted octanol–water partition coefficient (Wildman–Crippen LogP) is 3.18. The Morgan fingerprint density at radius 2 is 2.07 bits per heavy atom. The average molecular weight is 272 g/mol. The lowest BCUT2D eigenvalue weighted by Gasteiger charge is -2.29. The van der Waals surface area contributed by atoms with Gasteiger partial charge in [0, 0.05) is 28.3 Å². The van der Waals surface area contributed by atoms with Crippen LogP contribution in [0.3, 0.4) is 0 Å². The summed E-state index contributed by atoms with van der Waals surface area (Å²) in [6.45, 7) is 7.48. The molecule has 0 radical (unpaired) electrons. The van der Waals surface area contributed by atoms with Crippen LogP contribution in [0.2, 0.25) is 0 Å². The monoisotopic (exact) mass is 271 g/mol. The van der Waals surface area contributed by atoms with Gasteiger partial charge in [-0.1, -0.05) is 15.9 Å². The third-order valence-electron chi connectivity index (χ3n) is 2.49. The van der Waals surface area contributed by atoms with Crippen LogP contribution in [-0.4, -0.2) is 17.7 Å². The molecule has 15 heavy (non-hydrogen) atoms. The molecular weight excluding hydrogens is 254 g/mol. The first-order chi connectivity index (χ1) is 7.10. The van der Waals surface area contributed by atoms with Gasteiger partial charge < -0.3 is 10.0 Å². The van der Waals surface area contributed by atoms with E-state index in [0.717, 1.165) is 22.3 Å². The fraction of sp³-hybridized carbons (Fsp3) is 0.500. The van der Waals surface area contributed by atoms with Gasteiger partial charge >= 0.3 is 0 Å². The average Bonchev–Trinajstić information content (AvgIpc) is 2.20. The highest BCUT2D eigenvalue weighted by molar-refractivity contribution is 9.10. The lowest BCUT2D eigenvalue weighted by atomic mass is 10.1. The quantitative estimate of drug-likeness (QED) is 0.910. The lowest BCUT2D eigenvalue weighted by molar-refractivity contribution is 0.282. The number of rotatable bonds is 4. The molecule has 0 aliphatic rings. The van der Waals surface area contributed by atoms with Crippen LogP contribution in [0.5, 0.6) is 0 Å². The molecule has 0 heterocycles. The van der Waals surface area contributed by atoms with Crippen LogP contribution in [0.25, 0.3) is 0 Å². The maximum Gasteiger partial charge on any atom is 0.0702 e. The first kappa shape index (κ1) is 12.5. The highest BCUT2D eigenvalue weighted by Gasteiger charge is 2.12. The van der Waals surface area contributed by atoms with Crippen molar-refractivity contribution in [2.24, 2.45) is 0 Å². The summed E-state index contributed by atoms with van der Waals surface area (Å²) in [6, 6.07) is 6.49. The maximum atomic E-state index is 9.32. The first-order valence-electron chi connectivity index (χ1n) is 5.26. The van der Waals surface area contributed by atoms with Crippen LogP contribution in [-0.2, 0) is 6.61 Å². The number of hydrogen-bond donors (Lipinski definition) is 1. The van der Waals surface area contributed by atoms with Gasteiger partial charge in [0.2, 0.25) is 0 Å². The number of halogens is 1. The first-order valence-corrected chi connectivity index (χ1v) is 6.05. The van der Waals surface area contributed by atoms with E-state index in [-0.39, 0.29) is 6.61 Å². The van der Waals surface area contributed by atoms with Crippen LogP contribution in [0, 0.1) is 0 Å².